The van der Waals surface area contributed by atoms with Gasteiger partial charge >= 0.3 is 6.09 Å². The smallest absolute Gasteiger partial charge is 0.410 e. The zero-order valence-electron chi connectivity index (χ0n) is 16.8. The third kappa shape index (κ3) is 6.79. The Balaban J connectivity index is 1.77. The van der Waals surface area contributed by atoms with Gasteiger partial charge < -0.3 is 24.8 Å². The summed E-state index contributed by atoms with van der Waals surface area (Å²) >= 11 is 0. The summed E-state index contributed by atoms with van der Waals surface area (Å²) < 4.78 is 11.3. The summed E-state index contributed by atoms with van der Waals surface area (Å²) in [7, 11) is 0. The maximum Gasteiger partial charge on any atom is 0.410 e. The molecule has 1 amide bonds. The van der Waals surface area contributed by atoms with Crippen LogP contribution >= 0.6 is 0 Å². The molecule has 1 heterocycles. The normalized spacial score (nSPS) is 19.7. The molecule has 1 fully saturated rings. The molecule has 1 saturated heterocycles. The van der Waals surface area contributed by atoms with Gasteiger partial charge in [-0.25, -0.2) is 4.79 Å². The molecule has 1 aliphatic heterocycles. The lowest BCUT2D eigenvalue weighted by Gasteiger charge is -2.36. The van der Waals surface area contributed by atoms with Crippen LogP contribution < -0.4 is 5.32 Å². The van der Waals surface area contributed by atoms with E-state index in [0.29, 0.717) is 32.2 Å². The molecule has 1 aliphatic rings. The first-order valence-corrected chi connectivity index (χ1v) is 10.0. The number of aliphatic hydroxyl groups is 1. The van der Waals surface area contributed by atoms with E-state index in [1.54, 1.807) is 4.90 Å². The van der Waals surface area contributed by atoms with Gasteiger partial charge in [-0.2, -0.15) is 0 Å². The van der Waals surface area contributed by atoms with Crippen molar-refractivity contribution >= 4 is 6.09 Å². The summed E-state index contributed by atoms with van der Waals surface area (Å²) in [6, 6.07) is 9.71. The fourth-order valence-corrected chi connectivity index (χ4v) is 3.39. The molecule has 0 saturated carbocycles. The van der Waals surface area contributed by atoms with Crippen molar-refractivity contribution in [2.45, 2.75) is 58.5 Å². The number of benzene rings is 1. The highest BCUT2D eigenvalue weighted by atomic mass is 16.6. The van der Waals surface area contributed by atoms with Gasteiger partial charge in [0, 0.05) is 19.1 Å². The molecule has 27 heavy (non-hydrogen) atoms. The van der Waals surface area contributed by atoms with E-state index in [0.717, 1.165) is 18.4 Å². The van der Waals surface area contributed by atoms with Crippen molar-refractivity contribution in [3.63, 3.8) is 0 Å². The second-order valence-electron chi connectivity index (χ2n) is 7.24. The SMILES string of the molecule is CCC(CC)[C@H](O)CN[C@H](C)[C@@H]1CN(C(=O)OCc2ccccc2)CCO1. The molecule has 3 atom stereocenters. The van der Waals surface area contributed by atoms with Crippen LogP contribution in [0.15, 0.2) is 30.3 Å². The number of amides is 1. The lowest BCUT2D eigenvalue weighted by molar-refractivity contribution is -0.0437. The Bertz CT molecular complexity index is 550. The molecule has 1 aromatic rings. The van der Waals surface area contributed by atoms with Crippen molar-refractivity contribution in [2.24, 2.45) is 5.92 Å². The van der Waals surface area contributed by atoms with Gasteiger partial charge in [0.05, 0.1) is 25.4 Å². The largest absolute Gasteiger partial charge is 0.445 e. The Hall–Kier alpha value is -1.63. The molecule has 152 valence electrons. The van der Waals surface area contributed by atoms with Gasteiger partial charge in [-0.05, 0) is 18.4 Å². The van der Waals surface area contributed by atoms with Crippen LogP contribution in [-0.2, 0) is 16.1 Å². The van der Waals surface area contributed by atoms with E-state index in [9.17, 15) is 9.90 Å². The maximum absolute atomic E-state index is 12.4. The summed E-state index contributed by atoms with van der Waals surface area (Å²) in [6.45, 7) is 8.56. The van der Waals surface area contributed by atoms with Crippen molar-refractivity contribution in [3.05, 3.63) is 35.9 Å². The molecule has 0 unspecified atom stereocenters. The van der Waals surface area contributed by atoms with Gasteiger partial charge in [-0.15, -0.1) is 0 Å². The average molecular weight is 379 g/mol. The van der Waals surface area contributed by atoms with Gasteiger partial charge in [0.1, 0.15) is 6.61 Å². The Morgan fingerprint density at radius 1 is 1.33 bits per heavy atom. The minimum atomic E-state index is -0.363. The fourth-order valence-electron chi connectivity index (χ4n) is 3.39. The van der Waals surface area contributed by atoms with E-state index >= 15 is 0 Å². The number of ether oxygens (including phenoxy) is 2. The van der Waals surface area contributed by atoms with Crippen LogP contribution in [0.25, 0.3) is 0 Å². The summed E-state index contributed by atoms with van der Waals surface area (Å²) in [6.07, 6.45) is 1.15. The predicted molar refractivity (Wildman–Crippen MR) is 105 cm³/mol. The molecule has 0 radical (unpaired) electrons. The molecule has 2 rings (SSSR count). The summed E-state index contributed by atoms with van der Waals surface area (Å²) in [4.78, 5) is 14.1. The van der Waals surface area contributed by atoms with Crippen LogP contribution in [0, 0.1) is 5.92 Å². The zero-order valence-corrected chi connectivity index (χ0v) is 16.8. The molecule has 0 bridgehead atoms. The van der Waals surface area contributed by atoms with Crippen LogP contribution in [0.4, 0.5) is 4.79 Å². The molecule has 6 nitrogen and oxygen atoms in total. The van der Waals surface area contributed by atoms with Crippen LogP contribution in [0.2, 0.25) is 0 Å². The number of aliphatic hydroxyl groups excluding tert-OH is 1. The van der Waals surface area contributed by atoms with E-state index in [1.807, 2.05) is 37.3 Å². The van der Waals surface area contributed by atoms with E-state index in [4.69, 9.17) is 9.47 Å². The van der Waals surface area contributed by atoms with Crippen LogP contribution in [-0.4, -0.2) is 60.6 Å². The van der Waals surface area contributed by atoms with E-state index < -0.39 is 0 Å². The van der Waals surface area contributed by atoms with Gasteiger partial charge in [0.25, 0.3) is 0 Å². The molecule has 0 aliphatic carbocycles. The second-order valence-corrected chi connectivity index (χ2v) is 7.24. The molecular weight excluding hydrogens is 344 g/mol. The fraction of sp³-hybridized carbons (Fsp3) is 0.667. The van der Waals surface area contributed by atoms with Crippen LogP contribution in [0.3, 0.4) is 0 Å². The van der Waals surface area contributed by atoms with Crippen LogP contribution in [0.5, 0.6) is 0 Å². The molecule has 6 heteroatoms. The van der Waals surface area contributed by atoms with Gasteiger partial charge in [0.15, 0.2) is 0 Å². The topological polar surface area (TPSA) is 71.0 Å². The number of carbonyl (C=O) groups is 1. The monoisotopic (exact) mass is 378 g/mol. The van der Waals surface area contributed by atoms with E-state index in [2.05, 4.69) is 19.2 Å². The van der Waals surface area contributed by atoms with Gasteiger partial charge in [0.2, 0.25) is 0 Å². The number of carbonyl (C=O) groups excluding carboxylic acids is 1. The quantitative estimate of drug-likeness (QED) is 0.691. The third-order valence-electron chi connectivity index (χ3n) is 5.36. The Morgan fingerprint density at radius 3 is 2.70 bits per heavy atom. The first-order valence-electron chi connectivity index (χ1n) is 10.0. The highest BCUT2D eigenvalue weighted by Gasteiger charge is 2.29. The first-order chi connectivity index (χ1) is 13.0. The lowest BCUT2D eigenvalue weighted by Crippen LogP contribution is -2.53. The molecular formula is C21H34N2O4. The molecule has 1 aromatic carbocycles. The minimum absolute atomic E-state index is 0.0405. The van der Waals surface area contributed by atoms with E-state index in [1.165, 1.54) is 0 Å². The summed E-state index contributed by atoms with van der Waals surface area (Å²) in [5.74, 6) is 0.307. The van der Waals surface area contributed by atoms with Gasteiger partial charge in [-0.1, -0.05) is 57.0 Å². The first kappa shape index (κ1) is 21.7. The van der Waals surface area contributed by atoms with Crippen molar-refractivity contribution in [3.8, 4) is 0 Å². The minimum Gasteiger partial charge on any atom is -0.445 e. The number of nitrogens with one attached hydrogen (secondary N) is 1. The summed E-state index contributed by atoms with van der Waals surface area (Å²) in [5.41, 5.74) is 0.973. The van der Waals surface area contributed by atoms with Crippen molar-refractivity contribution in [2.75, 3.05) is 26.2 Å². The standard InChI is InChI=1S/C21H34N2O4/c1-4-18(5-2)19(24)13-22-16(3)20-14-23(11-12-26-20)21(25)27-15-17-9-7-6-8-10-17/h6-10,16,18-20,22,24H,4-5,11-15H2,1-3H3/t16-,19-,20+/m1/s1. The molecule has 2 N–H and O–H groups in total. The molecule has 0 aromatic heterocycles. The summed E-state index contributed by atoms with van der Waals surface area (Å²) in [5, 5.41) is 13.7. The number of hydrogen-bond acceptors (Lipinski definition) is 5. The number of rotatable bonds is 9. The zero-order chi connectivity index (χ0) is 19.6. The lowest BCUT2D eigenvalue weighted by atomic mass is 9.96. The van der Waals surface area contributed by atoms with Gasteiger partial charge in [-0.3, -0.25) is 0 Å². The maximum atomic E-state index is 12.4. The Morgan fingerprint density at radius 2 is 2.04 bits per heavy atom. The van der Waals surface area contributed by atoms with Crippen LogP contribution in [0.1, 0.15) is 39.2 Å². The van der Waals surface area contributed by atoms with Crippen molar-refractivity contribution in [1.29, 1.82) is 0 Å². The number of nitrogens with zero attached hydrogens (tertiary/aromatic N) is 1. The number of hydrogen-bond donors (Lipinski definition) is 2. The third-order valence-corrected chi connectivity index (χ3v) is 5.36. The van der Waals surface area contributed by atoms with Crippen molar-refractivity contribution < 1.29 is 19.4 Å². The number of morpholine rings is 1. The highest BCUT2D eigenvalue weighted by molar-refractivity contribution is 5.67. The molecule has 0 spiro atoms. The Labute approximate surface area is 162 Å². The second kappa shape index (κ2) is 11.3. The highest BCUT2D eigenvalue weighted by Crippen LogP contribution is 2.14. The predicted octanol–water partition coefficient (Wildman–Crippen LogP) is 2.80. The Kier molecular flexibility index (Phi) is 9.04. The van der Waals surface area contributed by atoms with E-state index in [-0.39, 0.29) is 30.9 Å². The average Bonchev–Trinajstić information content (AvgIpc) is 2.72. The van der Waals surface area contributed by atoms with Crippen molar-refractivity contribution in [1.82, 2.24) is 10.2 Å².